The van der Waals surface area contributed by atoms with E-state index in [9.17, 15) is 0 Å². The average Bonchev–Trinajstić information content (AvgIpc) is 2.38. The summed E-state index contributed by atoms with van der Waals surface area (Å²) in [4.78, 5) is 11.2. The molecule has 0 amide bonds. The van der Waals surface area contributed by atoms with Crippen LogP contribution in [-0.2, 0) is 11.3 Å². The van der Waals surface area contributed by atoms with Crippen LogP contribution in [0.4, 0.5) is 5.95 Å². The number of aryl methyl sites for hydroxylation is 1. The van der Waals surface area contributed by atoms with Gasteiger partial charge in [0, 0.05) is 30.5 Å². The zero-order valence-corrected chi connectivity index (χ0v) is 10.5. The molecule has 17 heavy (non-hydrogen) atoms. The lowest BCUT2D eigenvalue weighted by atomic mass is 10.2. The van der Waals surface area contributed by atoms with E-state index in [4.69, 9.17) is 10.5 Å². The van der Waals surface area contributed by atoms with E-state index in [1.54, 1.807) is 0 Å². The van der Waals surface area contributed by atoms with Crippen LogP contribution in [0.5, 0.6) is 0 Å². The van der Waals surface area contributed by atoms with Gasteiger partial charge in [0.25, 0.3) is 0 Å². The Morgan fingerprint density at radius 3 is 3.06 bits per heavy atom. The summed E-state index contributed by atoms with van der Waals surface area (Å²) >= 11 is 0. The van der Waals surface area contributed by atoms with Gasteiger partial charge < -0.3 is 15.4 Å². The number of nitrogens with zero attached hydrogens (tertiary/aromatic N) is 3. The molecular formula is C12H20N4O. The van der Waals surface area contributed by atoms with Crippen LogP contribution in [0.2, 0.25) is 0 Å². The van der Waals surface area contributed by atoms with Gasteiger partial charge in [-0.1, -0.05) is 6.92 Å². The van der Waals surface area contributed by atoms with Crippen LogP contribution in [0.3, 0.4) is 0 Å². The Balaban J connectivity index is 2.23. The summed E-state index contributed by atoms with van der Waals surface area (Å²) in [5.74, 6) is 0.801. The van der Waals surface area contributed by atoms with Crippen LogP contribution in [0.15, 0.2) is 6.20 Å². The molecule has 2 heterocycles. The lowest BCUT2D eigenvalue weighted by Gasteiger charge is -2.35. The molecule has 1 aromatic rings. The van der Waals surface area contributed by atoms with Crippen molar-refractivity contribution in [3.8, 4) is 0 Å². The molecule has 1 fully saturated rings. The second kappa shape index (κ2) is 5.42. The summed E-state index contributed by atoms with van der Waals surface area (Å²) in [7, 11) is 0. The van der Waals surface area contributed by atoms with Crippen LogP contribution in [-0.4, -0.2) is 35.8 Å². The summed E-state index contributed by atoms with van der Waals surface area (Å²) in [5, 5.41) is 0. The maximum Gasteiger partial charge on any atom is 0.225 e. The third-order valence-corrected chi connectivity index (χ3v) is 3.24. The monoisotopic (exact) mass is 236 g/mol. The van der Waals surface area contributed by atoms with Crippen molar-refractivity contribution in [2.24, 2.45) is 5.73 Å². The predicted molar refractivity (Wildman–Crippen MR) is 66.9 cm³/mol. The number of morpholine rings is 1. The fourth-order valence-corrected chi connectivity index (χ4v) is 2.07. The number of nitrogens with two attached hydrogens (primary N) is 1. The molecule has 0 aromatic carbocycles. The van der Waals surface area contributed by atoms with Crippen LogP contribution in [0, 0.1) is 6.92 Å². The summed E-state index contributed by atoms with van der Waals surface area (Å²) in [6.07, 6.45) is 2.88. The van der Waals surface area contributed by atoms with Crippen molar-refractivity contribution in [1.82, 2.24) is 9.97 Å². The van der Waals surface area contributed by atoms with Crippen molar-refractivity contribution in [2.45, 2.75) is 32.9 Å². The molecule has 94 valence electrons. The van der Waals surface area contributed by atoms with Gasteiger partial charge in [0.15, 0.2) is 0 Å². The van der Waals surface area contributed by atoms with Gasteiger partial charge in [0.2, 0.25) is 5.95 Å². The fourth-order valence-electron chi connectivity index (χ4n) is 2.07. The topological polar surface area (TPSA) is 64.3 Å². The minimum atomic E-state index is 0.381. The van der Waals surface area contributed by atoms with E-state index in [2.05, 4.69) is 21.8 Å². The van der Waals surface area contributed by atoms with Crippen molar-refractivity contribution in [3.05, 3.63) is 17.5 Å². The number of hydrogen-bond acceptors (Lipinski definition) is 5. The third kappa shape index (κ3) is 2.56. The largest absolute Gasteiger partial charge is 0.377 e. The number of anilines is 1. The van der Waals surface area contributed by atoms with Gasteiger partial charge in [0.1, 0.15) is 0 Å². The maximum atomic E-state index is 5.62. The number of aromatic nitrogens is 2. The first-order valence-corrected chi connectivity index (χ1v) is 6.13. The molecule has 0 spiro atoms. The Morgan fingerprint density at radius 1 is 1.59 bits per heavy atom. The highest BCUT2D eigenvalue weighted by Gasteiger charge is 2.23. The minimum absolute atomic E-state index is 0.381. The molecule has 2 N–H and O–H groups in total. The number of rotatable bonds is 3. The van der Waals surface area contributed by atoms with Crippen LogP contribution < -0.4 is 10.6 Å². The average molecular weight is 236 g/mol. The summed E-state index contributed by atoms with van der Waals surface area (Å²) in [6.45, 7) is 7.00. The maximum absolute atomic E-state index is 5.62. The highest BCUT2D eigenvalue weighted by Crippen LogP contribution is 2.18. The molecule has 1 unspecified atom stereocenters. The molecule has 1 aliphatic rings. The Morgan fingerprint density at radius 2 is 2.41 bits per heavy atom. The van der Waals surface area contributed by atoms with Crippen LogP contribution >= 0.6 is 0 Å². The van der Waals surface area contributed by atoms with Gasteiger partial charge in [-0.15, -0.1) is 0 Å². The highest BCUT2D eigenvalue weighted by atomic mass is 16.5. The molecule has 0 radical (unpaired) electrons. The third-order valence-electron chi connectivity index (χ3n) is 3.24. The summed E-state index contributed by atoms with van der Waals surface area (Å²) in [5.41, 5.74) is 7.60. The molecule has 1 atom stereocenters. The van der Waals surface area contributed by atoms with Gasteiger partial charge in [-0.2, -0.15) is 0 Å². The lowest BCUT2D eigenvalue weighted by Crippen LogP contribution is -2.46. The Kier molecular flexibility index (Phi) is 3.91. The molecular weight excluding hydrogens is 216 g/mol. The predicted octanol–water partition coefficient (Wildman–Crippen LogP) is 0.859. The normalized spacial score (nSPS) is 20.6. The van der Waals surface area contributed by atoms with E-state index in [0.717, 1.165) is 43.4 Å². The first-order chi connectivity index (χ1) is 8.26. The zero-order chi connectivity index (χ0) is 12.3. The van der Waals surface area contributed by atoms with Crippen LogP contribution in [0.1, 0.15) is 24.6 Å². The van der Waals surface area contributed by atoms with Gasteiger partial charge in [-0.05, 0) is 13.3 Å². The minimum Gasteiger partial charge on any atom is -0.377 e. The van der Waals surface area contributed by atoms with Gasteiger partial charge in [0.05, 0.1) is 19.3 Å². The molecule has 0 bridgehead atoms. The molecule has 5 nitrogen and oxygen atoms in total. The van der Waals surface area contributed by atoms with E-state index in [0.29, 0.717) is 12.6 Å². The second-order valence-corrected chi connectivity index (χ2v) is 4.32. The van der Waals surface area contributed by atoms with Crippen molar-refractivity contribution >= 4 is 5.95 Å². The van der Waals surface area contributed by atoms with Gasteiger partial charge in [-0.3, -0.25) is 0 Å². The standard InChI is InChI=1S/C12H20N4O/c1-3-11-8-17-5-4-16(11)12-14-7-10(6-13)9(2)15-12/h7,11H,3-6,8,13H2,1-2H3. The molecule has 0 aliphatic carbocycles. The number of ether oxygens (including phenoxy) is 1. The first kappa shape index (κ1) is 12.3. The van der Waals surface area contributed by atoms with Gasteiger partial charge in [-0.25, -0.2) is 9.97 Å². The molecule has 0 saturated carbocycles. The smallest absolute Gasteiger partial charge is 0.225 e. The highest BCUT2D eigenvalue weighted by molar-refractivity contribution is 5.35. The SMILES string of the molecule is CCC1COCCN1c1ncc(CN)c(C)n1. The zero-order valence-electron chi connectivity index (χ0n) is 10.5. The quantitative estimate of drug-likeness (QED) is 0.843. The summed E-state index contributed by atoms with van der Waals surface area (Å²) in [6, 6.07) is 0.381. The van der Waals surface area contributed by atoms with Crippen LogP contribution in [0.25, 0.3) is 0 Å². The van der Waals surface area contributed by atoms with E-state index in [1.807, 2.05) is 13.1 Å². The molecule has 1 aliphatic heterocycles. The second-order valence-electron chi connectivity index (χ2n) is 4.32. The lowest BCUT2D eigenvalue weighted by molar-refractivity contribution is 0.0921. The van der Waals surface area contributed by atoms with Gasteiger partial charge >= 0.3 is 0 Å². The fraction of sp³-hybridized carbons (Fsp3) is 0.667. The van der Waals surface area contributed by atoms with Crippen molar-refractivity contribution in [1.29, 1.82) is 0 Å². The molecule has 2 rings (SSSR count). The van der Waals surface area contributed by atoms with E-state index < -0.39 is 0 Å². The number of hydrogen-bond donors (Lipinski definition) is 1. The molecule has 1 aromatic heterocycles. The van der Waals surface area contributed by atoms with Crippen molar-refractivity contribution < 1.29 is 4.74 Å². The van der Waals surface area contributed by atoms with E-state index in [1.165, 1.54) is 0 Å². The van der Waals surface area contributed by atoms with E-state index in [-0.39, 0.29) is 0 Å². The molecule has 5 heteroatoms. The summed E-state index contributed by atoms with van der Waals surface area (Å²) < 4.78 is 5.48. The van der Waals surface area contributed by atoms with Crippen molar-refractivity contribution in [2.75, 3.05) is 24.7 Å². The Labute approximate surface area is 102 Å². The van der Waals surface area contributed by atoms with E-state index >= 15 is 0 Å². The Bertz CT molecular complexity index is 383. The molecule has 1 saturated heterocycles. The Hall–Kier alpha value is -1.20. The van der Waals surface area contributed by atoms with Crippen molar-refractivity contribution in [3.63, 3.8) is 0 Å². The first-order valence-electron chi connectivity index (χ1n) is 6.13.